The van der Waals surface area contributed by atoms with Crippen molar-refractivity contribution >= 4 is 11.6 Å². The highest BCUT2D eigenvalue weighted by atomic mass is 35.5. The Morgan fingerprint density at radius 1 is 1.42 bits per heavy atom. The third-order valence-corrected chi connectivity index (χ3v) is 1.67. The molecular weight excluding hydrogens is 174 g/mol. The molecule has 0 aromatic heterocycles. The van der Waals surface area contributed by atoms with Crippen molar-refractivity contribution in [2.75, 3.05) is 13.1 Å². The molecule has 3 heteroatoms. The molecule has 0 amide bonds. The van der Waals surface area contributed by atoms with Gasteiger partial charge in [0.1, 0.15) is 0 Å². The van der Waals surface area contributed by atoms with Gasteiger partial charge in [-0.05, 0) is 6.92 Å². The van der Waals surface area contributed by atoms with Gasteiger partial charge in [-0.15, -0.1) is 13.2 Å². The molecule has 1 aliphatic heterocycles. The molecule has 1 N–H and O–H groups in total. The minimum absolute atomic E-state index is 0.0231. The van der Waals surface area contributed by atoms with Crippen molar-refractivity contribution in [3.63, 3.8) is 0 Å². The Labute approximate surface area is 79.2 Å². The van der Waals surface area contributed by atoms with E-state index in [1.54, 1.807) is 0 Å². The zero-order valence-electron chi connectivity index (χ0n) is 7.42. The first-order valence-corrected chi connectivity index (χ1v) is 4.38. The number of nitrogens with one attached hydrogen (secondary N) is 1. The van der Waals surface area contributed by atoms with E-state index in [9.17, 15) is 0 Å². The van der Waals surface area contributed by atoms with Gasteiger partial charge in [0, 0.05) is 13.1 Å². The smallest absolute Gasteiger partial charge is 0.157 e. The molecule has 0 aromatic carbocycles. The van der Waals surface area contributed by atoms with E-state index in [0.717, 1.165) is 13.1 Å². The average molecular weight is 190 g/mol. The fraction of sp³-hybridized carbons (Fsp3) is 0.556. The molecule has 2 atom stereocenters. The first-order valence-electron chi connectivity index (χ1n) is 3.94. The molecule has 12 heavy (non-hydrogen) atoms. The highest BCUT2D eigenvalue weighted by molar-refractivity contribution is 6.21. The molecule has 0 saturated carbocycles. The predicted molar refractivity (Wildman–Crippen MR) is 53.5 cm³/mol. The number of ether oxygens (including phenoxy) is 1. The van der Waals surface area contributed by atoms with Crippen LogP contribution in [-0.4, -0.2) is 24.8 Å². The summed E-state index contributed by atoms with van der Waals surface area (Å²) in [6.07, 6.45) is 3.96. The molecule has 1 rings (SSSR count). The Balaban J connectivity index is 0.000000211. The zero-order valence-corrected chi connectivity index (χ0v) is 8.18. The lowest BCUT2D eigenvalue weighted by molar-refractivity contribution is 0.411. The van der Waals surface area contributed by atoms with Crippen molar-refractivity contribution in [1.29, 1.82) is 0 Å². The summed E-state index contributed by atoms with van der Waals surface area (Å²) in [6, 6.07) is 0. The van der Waals surface area contributed by atoms with Gasteiger partial charge in [-0.2, -0.15) is 0 Å². The fourth-order valence-electron chi connectivity index (χ4n) is 0.447. The van der Waals surface area contributed by atoms with E-state index >= 15 is 0 Å². The number of halogens is 1. The lowest BCUT2D eigenvalue weighted by atomic mass is 10.5. The third-order valence-electron chi connectivity index (χ3n) is 1.21. The minimum atomic E-state index is 0.0231. The standard InChI is InChI=1S/C6H11N.C3H5ClO/c1-3-5-7-6-4-2;1-2-3(4)5-2/h3-4,7H,1-2,5-6H2;2-3H,1H3. The molecule has 1 heterocycles. The lowest BCUT2D eigenvalue weighted by Crippen LogP contribution is -2.11. The van der Waals surface area contributed by atoms with Crippen LogP contribution in [0.2, 0.25) is 0 Å². The highest BCUT2D eigenvalue weighted by Gasteiger charge is 2.30. The third kappa shape index (κ3) is 7.79. The number of rotatable bonds is 4. The number of hydrogen-bond donors (Lipinski definition) is 1. The van der Waals surface area contributed by atoms with E-state index in [0.29, 0.717) is 6.10 Å². The summed E-state index contributed by atoms with van der Waals surface area (Å²) in [7, 11) is 0. The van der Waals surface area contributed by atoms with Gasteiger partial charge >= 0.3 is 0 Å². The molecule has 0 spiro atoms. The van der Waals surface area contributed by atoms with E-state index in [1.165, 1.54) is 0 Å². The molecule has 0 aromatic rings. The summed E-state index contributed by atoms with van der Waals surface area (Å²) in [5.41, 5.74) is 0.0231. The quantitative estimate of drug-likeness (QED) is 0.316. The van der Waals surface area contributed by atoms with Crippen molar-refractivity contribution in [2.24, 2.45) is 0 Å². The van der Waals surface area contributed by atoms with Crippen LogP contribution in [-0.2, 0) is 4.74 Å². The average Bonchev–Trinajstić information content (AvgIpc) is 2.67. The molecule has 0 bridgehead atoms. The van der Waals surface area contributed by atoms with Gasteiger partial charge < -0.3 is 10.1 Å². The van der Waals surface area contributed by atoms with Crippen LogP contribution in [0, 0.1) is 0 Å². The first kappa shape index (κ1) is 11.7. The maximum Gasteiger partial charge on any atom is 0.157 e. The van der Waals surface area contributed by atoms with E-state index < -0.39 is 0 Å². The van der Waals surface area contributed by atoms with Crippen molar-refractivity contribution < 1.29 is 4.74 Å². The van der Waals surface area contributed by atoms with E-state index in [2.05, 4.69) is 23.2 Å². The van der Waals surface area contributed by atoms with Crippen LogP contribution in [0.1, 0.15) is 6.92 Å². The summed E-state index contributed by atoms with van der Waals surface area (Å²) in [5, 5.41) is 3.05. The predicted octanol–water partition coefficient (Wildman–Crippen LogP) is 1.92. The van der Waals surface area contributed by atoms with E-state index in [-0.39, 0.29) is 5.56 Å². The molecule has 2 unspecified atom stereocenters. The van der Waals surface area contributed by atoms with Crippen molar-refractivity contribution in [3.05, 3.63) is 25.3 Å². The summed E-state index contributed by atoms with van der Waals surface area (Å²) in [5.74, 6) is 0. The summed E-state index contributed by atoms with van der Waals surface area (Å²) >= 11 is 5.31. The summed E-state index contributed by atoms with van der Waals surface area (Å²) in [6.45, 7) is 10.7. The Hall–Kier alpha value is -0.310. The van der Waals surface area contributed by atoms with Crippen LogP contribution < -0.4 is 5.32 Å². The van der Waals surface area contributed by atoms with Gasteiger partial charge in [-0.3, -0.25) is 0 Å². The monoisotopic (exact) mass is 189 g/mol. The van der Waals surface area contributed by atoms with Crippen LogP contribution >= 0.6 is 11.6 Å². The van der Waals surface area contributed by atoms with Gasteiger partial charge in [0.2, 0.25) is 0 Å². The van der Waals surface area contributed by atoms with E-state index in [4.69, 9.17) is 11.6 Å². The minimum Gasteiger partial charge on any atom is -0.353 e. The fourth-order valence-corrected chi connectivity index (χ4v) is 0.609. The second-order valence-corrected chi connectivity index (χ2v) is 2.86. The Morgan fingerprint density at radius 3 is 1.92 bits per heavy atom. The number of hydrogen-bond acceptors (Lipinski definition) is 2. The van der Waals surface area contributed by atoms with Crippen LogP contribution in [0.5, 0.6) is 0 Å². The maximum absolute atomic E-state index is 5.31. The van der Waals surface area contributed by atoms with Crippen LogP contribution in [0.15, 0.2) is 25.3 Å². The highest BCUT2D eigenvalue weighted by Crippen LogP contribution is 2.23. The topological polar surface area (TPSA) is 24.6 Å². The molecule has 2 nitrogen and oxygen atoms in total. The lowest BCUT2D eigenvalue weighted by Gasteiger charge is -1.90. The largest absolute Gasteiger partial charge is 0.353 e. The molecule has 1 fully saturated rings. The normalized spacial score (nSPS) is 25.2. The zero-order chi connectivity index (χ0) is 9.40. The Kier molecular flexibility index (Phi) is 7.16. The summed E-state index contributed by atoms with van der Waals surface area (Å²) in [4.78, 5) is 0. The number of epoxide rings is 1. The van der Waals surface area contributed by atoms with Gasteiger partial charge in [-0.1, -0.05) is 23.8 Å². The first-order chi connectivity index (χ1) is 5.72. The Morgan fingerprint density at radius 2 is 1.75 bits per heavy atom. The second kappa shape index (κ2) is 7.35. The van der Waals surface area contributed by atoms with Crippen molar-refractivity contribution in [2.45, 2.75) is 18.6 Å². The van der Waals surface area contributed by atoms with Crippen LogP contribution in [0.25, 0.3) is 0 Å². The van der Waals surface area contributed by atoms with Crippen molar-refractivity contribution in [3.8, 4) is 0 Å². The van der Waals surface area contributed by atoms with Gasteiger partial charge in [-0.25, -0.2) is 0 Å². The van der Waals surface area contributed by atoms with Crippen LogP contribution in [0.4, 0.5) is 0 Å². The molecule has 0 radical (unpaired) electrons. The van der Waals surface area contributed by atoms with Crippen molar-refractivity contribution in [1.82, 2.24) is 5.32 Å². The van der Waals surface area contributed by atoms with Gasteiger partial charge in [0.15, 0.2) is 5.56 Å². The summed E-state index contributed by atoms with van der Waals surface area (Å²) < 4.78 is 4.68. The maximum atomic E-state index is 5.31. The van der Waals surface area contributed by atoms with E-state index in [1.807, 2.05) is 19.1 Å². The molecule has 1 aliphatic rings. The Bertz CT molecular complexity index is 124. The molecular formula is C9H16ClNO. The van der Waals surface area contributed by atoms with Crippen LogP contribution in [0.3, 0.4) is 0 Å². The SMILES string of the molecule is C=CCNCC=C.CC1OC1Cl. The molecule has 1 saturated heterocycles. The molecule has 70 valence electrons. The second-order valence-electron chi connectivity index (χ2n) is 2.43. The molecule has 0 aliphatic carbocycles. The van der Waals surface area contributed by atoms with Gasteiger partial charge in [0.25, 0.3) is 0 Å². The van der Waals surface area contributed by atoms with Gasteiger partial charge in [0.05, 0.1) is 6.10 Å². The number of alkyl halides is 1.